The van der Waals surface area contributed by atoms with E-state index in [1.165, 1.54) is 0 Å². The monoisotopic (exact) mass is 277 g/mol. The maximum atomic E-state index is 12.1. The highest BCUT2D eigenvalue weighted by Gasteiger charge is 2.21. The molecule has 3 rings (SSSR count). The van der Waals surface area contributed by atoms with E-state index in [4.69, 9.17) is 11.8 Å². The van der Waals surface area contributed by atoms with Gasteiger partial charge in [-0.3, -0.25) is 4.57 Å². The van der Waals surface area contributed by atoms with Crippen molar-refractivity contribution in [3.63, 3.8) is 0 Å². The van der Waals surface area contributed by atoms with E-state index in [0.717, 1.165) is 37.2 Å². The Morgan fingerprint density at radius 2 is 1.84 bits per heavy atom. The van der Waals surface area contributed by atoms with Crippen LogP contribution in [0.15, 0.2) is 41.3 Å². The zero-order chi connectivity index (χ0) is 13.2. The zero-order valence-corrected chi connectivity index (χ0v) is 11.3. The average Bonchev–Trinajstić information content (AvgIpc) is 2.83. The Morgan fingerprint density at radius 3 is 2.53 bits per heavy atom. The van der Waals surface area contributed by atoms with Crippen LogP contribution in [0.25, 0.3) is 11.3 Å². The molecule has 100 valence electrons. The quantitative estimate of drug-likeness (QED) is 0.858. The van der Waals surface area contributed by atoms with Crippen LogP contribution >= 0.6 is 11.8 Å². The van der Waals surface area contributed by atoms with Crippen LogP contribution in [0.1, 0.15) is 18.9 Å². The summed E-state index contributed by atoms with van der Waals surface area (Å²) in [5.74, 6) is 0. The Morgan fingerprint density at radius 1 is 1.16 bits per heavy atom. The van der Waals surface area contributed by atoms with Crippen LogP contribution in [0, 0.1) is 0 Å². The summed E-state index contributed by atoms with van der Waals surface area (Å²) in [6.07, 6.45) is 3.75. The lowest BCUT2D eigenvalue weighted by Crippen LogP contribution is -2.32. The van der Waals surface area contributed by atoms with Gasteiger partial charge in [0.05, 0.1) is 5.69 Å². The van der Waals surface area contributed by atoms with E-state index in [9.17, 15) is 4.79 Å². The van der Waals surface area contributed by atoms with E-state index in [-0.39, 0.29) is 11.7 Å². The molecule has 1 aliphatic heterocycles. The molecule has 2 heterocycles. The Hall–Kier alpha value is -1.52. The third kappa shape index (κ3) is 2.60. The number of nitrogens with zero attached hydrogens (tertiary/aromatic N) is 2. The minimum atomic E-state index is -0.0353. The predicted octanol–water partition coefficient (Wildman–Crippen LogP) is 2.63. The molecule has 0 spiro atoms. The number of halogens is 1. The molecule has 0 radical (unpaired) electrons. The summed E-state index contributed by atoms with van der Waals surface area (Å²) in [6.45, 7) is 1.65. The lowest BCUT2D eigenvalue weighted by Gasteiger charge is -2.27. The van der Waals surface area contributed by atoms with Gasteiger partial charge in [0, 0.05) is 25.3 Å². The van der Waals surface area contributed by atoms with Crippen molar-refractivity contribution in [2.24, 2.45) is 0 Å². The number of benzene rings is 1. The summed E-state index contributed by atoms with van der Waals surface area (Å²) in [5.41, 5.74) is 1.87. The molecule has 0 unspecified atom stereocenters. The number of aromatic amines is 1. The van der Waals surface area contributed by atoms with E-state index < -0.39 is 0 Å². The molecule has 2 aromatic rings. The predicted molar refractivity (Wildman–Crippen MR) is 76.2 cm³/mol. The first-order valence-electron chi connectivity index (χ1n) is 6.51. The van der Waals surface area contributed by atoms with Crippen molar-refractivity contribution in [3.05, 3.63) is 47.0 Å². The van der Waals surface area contributed by atoms with Gasteiger partial charge >= 0.3 is 5.69 Å². The highest BCUT2D eigenvalue weighted by molar-refractivity contribution is 6.13. The molecule has 1 aromatic heterocycles. The number of rotatable bonds is 2. The van der Waals surface area contributed by atoms with Gasteiger partial charge in [0.2, 0.25) is 0 Å². The van der Waals surface area contributed by atoms with Gasteiger partial charge in [-0.2, -0.15) is 0 Å². The number of piperidine rings is 1. The van der Waals surface area contributed by atoms with E-state index in [2.05, 4.69) is 4.98 Å². The van der Waals surface area contributed by atoms with E-state index in [1.807, 2.05) is 41.1 Å². The Kier molecular flexibility index (Phi) is 3.44. The van der Waals surface area contributed by atoms with Gasteiger partial charge in [0.25, 0.3) is 0 Å². The minimum absolute atomic E-state index is 0.0353. The summed E-state index contributed by atoms with van der Waals surface area (Å²) < 4.78 is 3.60. The van der Waals surface area contributed by atoms with E-state index in [0.29, 0.717) is 0 Å². The molecule has 0 aliphatic carbocycles. The maximum absolute atomic E-state index is 12.1. The zero-order valence-electron chi connectivity index (χ0n) is 10.6. The highest BCUT2D eigenvalue weighted by Crippen LogP contribution is 2.24. The van der Waals surface area contributed by atoms with Gasteiger partial charge in [0.15, 0.2) is 0 Å². The topological polar surface area (TPSA) is 41.0 Å². The van der Waals surface area contributed by atoms with Gasteiger partial charge in [-0.1, -0.05) is 30.3 Å². The third-order valence-corrected chi connectivity index (χ3v) is 3.97. The second-order valence-electron chi connectivity index (χ2n) is 4.89. The lowest BCUT2D eigenvalue weighted by molar-refractivity contribution is 0.279. The number of aromatic nitrogens is 2. The lowest BCUT2D eigenvalue weighted by atomic mass is 10.1. The molecule has 1 N–H and O–H groups in total. The second kappa shape index (κ2) is 5.23. The fraction of sp³-hybridized carbons (Fsp3) is 0.357. The maximum Gasteiger partial charge on any atom is 0.326 e. The Bertz CT molecular complexity index is 597. The normalized spacial score (nSPS) is 17.7. The summed E-state index contributed by atoms with van der Waals surface area (Å²) in [7, 11) is 0. The second-order valence-corrected chi connectivity index (χ2v) is 5.37. The number of hydrogen-bond donors (Lipinski definition) is 1. The Balaban J connectivity index is 1.88. The molecule has 0 amide bonds. The largest absolute Gasteiger partial charge is 0.326 e. The first kappa shape index (κ1) is 12.5. The van der Waals surface area contributed by atoms with Crippen molar-refractivity contribution in [2.45, 2.75) is 18.9 Å². The molecule has 1 fully saturated rings. The number of hydrogen-bond acceptors (Lipinski definition) is 2. The first-order valence-corrected chi connectivity index (χ1v) is 6.85. The molecule has 0 bridgehead atoms. The fourth-order valence-electron chi connectivity index (χ4n) is 2.56. The van der Waals surface area contributed by atoms with Crippen molar-refractivity contribution in [1.82, 2.24) is 14.0 Å². The van der Waals surface area contributed by atoms with Gasteiger partial charge in [-0.25, -0.2) is 9.21 Å². The molecular formula is C14H16ClN3O. The standard InChI is InChI=1S/C14H16ClN3O/c15-17-8-6-12(7-9-17)18-10-13(16-14(18)19)11-4-2-1-3-5-11/h1-5,10,12H,6-9H2,(H,16,19). The molecule has 1 aromatic carbocycles. The fourth-order valence-corrected chi connectivity index (χ4v) is 2.75. The Labute approximate surface area is 116 Å². The van der Waals surface area contributed by atoms with Crippen LogP contribution in [0.2, 0.25) is 0 Å². The van der Waals surface area contributed by atoms with Crippen LogP contribution in [0.4, 0.5) is 0 Å². The first-order chi connectivity index (χ1) is 9.24. The van der Waals surface area contributed by atoms with E-state index in [1.54, 1.807) is 4.42 Å². The van der Waals surface area contributed by atoms with Gasteiger partial charge in [-0.15, -0.1) is 0 Å². The smallest absolute Gasteiger partial charge is 0.306 e. The molecule has 5 heteroatoms. The number of nitrogens with one attached hydrogen (secondary N) is 1. The SMILES string of the molecule is O=c1[nH]c(-c2ccccc2)cn1C1CCN(Cl)CC1. The molecule has 19 heavy (non-hydrogen) atoms. The van der Waals surface area contributed by atoms with Crippen molar-refractivity contribution in [1.29, 1.82) is 0 Å². The number of imidazole rings is 1. The summed E-state index contributed by atoms with van der Waals surface area (Å²) in [6, 6.07) is 10.1. The molecule has 0 atom stereocenters. The van der Waals surface area contributed by atoms with Gasteiger partial charge in [-0.05, 0) is 30.2 Å². The third-order valence-electron chi connectivity index (χ3n) is 3.63. The van der Waals surface area contributed by atoms with E-state index >= 15 is 0 Å². The van der Waals surface area contributed by atoms with Crippen molar-refractivity contribution >= 4 is 11.8 Å². The molecule has 1 aliphatic rings. The number of H-pyrrole nitrogens is 1. The van der Waals surface area contributed by atoms with Crippen LogP contribution < -0.4 is 5.69 Å². The molecule has 0 saturated carbocycles. The van der Waals surface area contributed by atoms with Crippen LogP contribution in [-0.2, 0) is 0 Å². The molecule has 1 saturated heterocycles. The molecular weight excluding hydrogens is 262 g/mol. The van der Waals surface area contributed by atoms with Crippen molar-refractivity contribution in [3.8, 4) is 11.3 Å². The highest BCUT2D eigenvalue weighted by atomic mass is 35.5. The molecule has 4 nitrogen and oxygen atoms in total. The van der Waals surface area contributed by atoms with Crippen LogP contribution in [-0.4, -0.2) is 27.1 Å². The van der Waals surface area contributed by atoms with Crippen LogP contribution in [0.3, 0.4) is 0 Å². The summed E-state index contributed by atoms with van der Waals surface area (Å²) in [5, 5.41) is 0. The van der Waals surface area contributed by atoms with Crippen LogP contribution in [0.5, 0.6) is 0 Å². The van der Waals surface area contributed by atoms with Gasteiger partial charge < -0.3 is 4.98 Å². The minimum Gasteiger partial charge on any atom is -0.306 e. The summed E-state index contributed by atoms with van der Waals surface area (Å²) in [4.78, 5) is 15.0. The summed E-state index contributed by atoms with van der Waals surface area (Å²) >= 11 is 5.95. The average molecular weight is 278 g/mol. The van der Waals surface area contributed by atoms with Gasteiger partial charge in [0.1, 0.15) is 0 Å². The van der Waals surface area contributed by atoms with Crippen molar-refractivity contribution in [2.75, 3.05) is 13.1 Å². The van der Waals surface area contributed by atoms with Crippen molar-refractivity contribution < 1.29 is 0 Å².